The van der Waals surface area contributed by atoms with Crippen molar-refractivity contribution in [1.82, 2.24) is 4.98 Å². The maximum absolute atomic E-state index is 5.78. The molecule has 0 amide bonds. The molecule has 1 heterocycles. The van der Waals surface area contributed by atoms with Crippen LogP contribution in [0.1, 0.15) is 18.4 Å². The van der Waals surface area contributed by atoms with Crippen LogP contribution in [-0.2, 0) is 11.3 Å². The van der Waals surface area contributed by atoms with Crippen LogP contribution in [0.25, 0.3) is 10.9 Å². The molecule has 4 heteroatoms. The summed E-state index contributed by atoms with van der Waals surface area (Å²) in [5.41, 5.74) is 2.06. The number of hydrogen-bond donors (Lipinski definition) is 0. The molecular weight excluding hydrogens is 294 g/mol. The van der Waals surface area contributed by atoms with Gasteiger partial charge in [0.25, 0.3) is 0 Å². The molecule has 0 N–H and O–H groups in total. The van der Waals surface area contributed by atoms with E-state index in [4.69, 9.17) is 9.47 Å². The molecule has 0 spiro atoms. The molecule has 1 aromatic heterocycles. The molecule has 1 aromatic carbocycles. The van der Waals surface area contributed by atoms with Gasteiger partial charge in [0, 0.05) is 21.6 Å². The Bertz CT molecular complexity index is 581. The average molecular weight is 308 g/mol. The average Bonchev–Trinajstić information content (AvgIpc) is 3.20. The lowest BCUT2D eigenvalue weighted by Gasteiger charge is -2.10. The van der Waals surface area contributed by atoms with Crippen molar-refractivity contribution in [3.05, 3.63) is 34.4 Å². The van der Waals surface area contributed by atoms with Crippen molar-refractivity contribution in [3.8, 4) is 5.75 Å². The summed E-state index contributed by atoms with van der Waals surface area (Å²) in [6, 6.07) is 5.94. The highest BCUT2D eigenvalue weighted by molar-refractivity contribution is 9.10. The Labute approximate surface area is 114 Å². The Hall–Kier alpha value is -1.13. The zero-order chi connectivity index (χ0) is 12.5. The SMILES string of the molecule is COc1cc(COC2CC2)c2nccc(Br)c2c1. The third-order valence-electron chi connectivity index (χ3n) is 3.08. The third-order valence-corrected chi connectivity index (χ3v) is 3.77. The van der Waals surface area contributed by atoms with E-state index < -0.39 is 0 Å². The minimum atomic E-state index is 0.443. The van der Waals surface area contributed by atoms with Crippen molar-refractivity contribution < 1.29 is 9.47 Å². The van der Waals surface area contributed by atoms with E-state index in [9.17, 15) is 0 Å². The van der Waals surface area contributed by atoms with E-state index in [0.717, 1.165) is 26.7 Å². The van der Waals surface area contributed by atoms with E-state index in [2.05, 4.69) is 20.9 Å². The van der Waals surface area contributed by atoms with Gasteiger partial charge in [-0.2, -0.15) is 0 Å². The van der Waals surface area contributed by atoms with Crippen LogP contribution in [0.5, 0.6) is 5.75 Å². The van der Waals surface area contributed by atoms with E-state index in [1.807, 2.05) is 18.2 Å². The minimum absolute atomic E-state index is 0.443. The number of fused-ring (bicyclic) bond motifs is 1. The topological polar surface area (TPSA) is 31.4 Å². The molecule has 0 saturated heterocycles. The summed E-state index contributed by atoms with van der Waals surface area (Å²) in [6.45, 7) is 0.599. The van der Waals surface area contributed by atoms with Gasteiger partial charge in [-0.3, -0.25) is 4.98 Å². The molecule has 2 aromatic rings. The van der Waals surface area contributed by atoms with Gasteiger partial charge in [0.2, 0.25) is 0 Å². The van der Waals surface area contributed by atoms with E-state index in [1.165, 1.54) is 12.8 Å². The molecule has 1 saturated carbocycles. The predicted octanol–water partition coefficient (Wildman–Crippen LogP) is 3.68. The van der Waals surface area contributed by atoms with Gasteiger partial charge < -0.3 is 9.47 Å². The maximum Gasteiger partial charge on any atom is 0.120 e. The van der Waals surface area contributed by atoms with Crippen LogP contribution in [0.15, 0.2) is 28.9 Å². The van der Waals surface area contributed by atoms with Gasteiger partial charge in [-0.1, -0.05) is 15.9 Å². The second-order valence-corrected chi connectivity index (χ2v) is 5.34. The second-order valence-electron chi connectivity index (χ2n) is 4.49. The number of hydrogen-bond acceptors (Lipinski definition) is 3. The summed E-state index contributed by atoms with van der Waals surface area (Å²) < 4.78 is 12.1. The van der Waals surface area contributed by atoms with E-state index >= 15 is 0 Å². The standard InChI is InChI=1S/C14H14BrNO2/c1-17-11-6-9(8-18-10-2-3-10)14-12(7-11)13(15)4-5-16-14/h4-7,10H,2-3,8H2,1H3. The second kappa shape index (κ2) is 4.86. The number of nitrogens with zero attached hydrogens (tertiary/aromatic N) is 1. The van der Waals surface area contributed by atoms with Crippen molar-refractivity contribution in [3.63, 3.8) is 0 Å². The molecule has 3 rings (SSSR count). The van der Waals surface area contributed by atoms with Gasteiger partial charge in [0.05, 0.1) is 25.3 Å². The van der Waals surface area contributed by atoms with Crippen molar-refractivity contribution in [2.24, 2.45) is 0 Å². The first kappa shape index (κ1) is 11.9. The molecule has 94 valence electrons. The molecule has 0 radical (unpaired) electrons. The zero-order valence-corrected chi connectivity index (χ0v) is 11.7. The number of rotatable bonds is 4. The summed E-state index contributed by atoms with van der Waals surface area (Å²) in [5.74, 6) is 0.839. The summed E-state index contributed by atoms with van der Waals surface area (Å²) in [7, 11) is 1.68. The van der Waals surface area contributed by atoms with Crippen molar-refractivity contribution in [2.75, 3.05) is 7.11 Å². The fourth-order valence-electron chi connectivity index (χ4n) is 1.94. The first-order valence-electron chi connectivity index (χ1n) is 6.00. The molecule has 1 aliphatic rings. The van der Waals surface area contributed by atoms with E-state index in [0.29, 0.717) is 12.7 Å². The molecule has 0 unspecified atom stereocenters. The Morgan fingerprint density at radius 2 is 2.22 bits per heavy atom. The largest absolute Gasteiger partial charge is 0.497 e. The fourth-order valence-corrected chi connectivity index (χ4v) is 2.36. The Morgan fingerprint density at radius 1 is 1.39 bits per heavy atom. The monoisotopic (exact) mass is 307 g/mol. The number of benzene rings is 1. The van der Waals surface area contributed by atoms with Crippen LogP contribution in [0.3, 0.4) is 0 Å². The Kier molecular flexibility index (Phi) is 3.22. The van der Waals surface area contributed by atoms with Crippen LogP contribution >= 0.6 is 15.9 Å². The van der Waals surface area contributed by atoms with Crippen molar-refractivity contribution in [2.45, 2.75) is 25.6 Å². The molecule has 3 nitrogen and oxygen atoms in total. The van der Waals surface area contributed by atoms with Gasteiger partial charge in [-0.05, 0) is 31.0 Å². The van der Waals surface area contributed by atoms with Crippen molar-refractivity contribution >= 4 is 26.8 Å². The number of methoxy groups -OCH3 is 1. The van der Waals surface area contributed by atoms with Gasteiger partial charge >= 0.3 is 0 Å². The molecule has 0 aliphatic heterocycles. The van der Waals surface area contributed by atoms with Gasteiger partial charge in [-0.25, -0.2) is 0 Å². The van der Waals surface area contributed by atoms with Gasteiger partial charge in [0.15, 0.2) is 0 Å². The quantitative estimate of drug-likeness (QED) is 0.863. The van der Waals surface area contributed by atoms with Gasteiger partial charge in [0.1, 0.15) is 5.75 Å². The molecule has 0 bridgehead atoms. The number of halogens is 1. The summed E-state index contributed by atoms with van der Waals surface area (Å²) in [6.07, 6.45) is 4.61. The molecule has 0 atom stereocenters. The van der Waals surface area contributed by atoms with Crippen molar-refractivity contribution in [1.29, 1.82) is 0 Å². The minimum Gasteiger partial charge on any atom is -0.497 e. The highest BCUT2D eigenvalue weighted by atomic mass is 79.9. The lowest BCUT2D eigenvalue weighted by atomic mass is 10.1. The summed E-state index contributed by atoms with van der Waals surface area (Å²) in [5, 5.41) is 1.06. The predicted molar refractivity (Wildman–Crippen MR) is 73.8 cm³/mol. The molecule has 18 heavy (non-hydrogen) atoms. The van der Waals surface area contributed by atoms with Crippen LogP contribution in [0, 0.1) is 0 Å². The summed E-state index contributed by atoms with van der Waals surface area (Å²) >= 11 is 3.55. The molecule has 1 fully saturated rings. The van der Waals surface area contributed by atoms with Crippen LogP contribution in [-0.4, -0.2) is 18.2 Å². The third kappa shape index (κ3) is 2.35. The highest BCUT2D eigenvalue weighted by Gasteiger charge is 2.22. The van der Waals surface area contributed by atoms with E-state index in [-0.39, 0.29) is 0 Å². The molecule has 1 aliphatic carbocycles. The maximum atomic E-state index is 5.78. The number of aromatic nitrogens is 1. The first-order valence-corrected chi connectivity index (χ1v) is 6.80. The number of pyridine rings is 1. The highest BCUT2D eigenvalue weighted by Crippen LogP contribution is 2.31. The Balaban J connectivity index is 2.05. The van der Waals surface area contributed by atoms with Crippen LogP contribution < -0.4 is 4.74 Å². The summed E-state index contributed by atoms with van der Waals surface area (Å²) in [4.78, 5) is 4.45. The molecular formula is C14H14BrNO2. The Morgan fingerprint density at radius 3 is 2.94 bits per heavy atom. The number of ether oxygens (including phenoxy) is 2. The smallest absolute Gasteiger partial charge is 0.120 e. The van der Waals surface area contributed by atoms with Crippen LogP contribution in [0.2, 0.25) is 0 Å². The fraction of sp³-hybridized carbons (Fsp3) is 0.357. The van der Waals surface area contributed by atoms with Gasteiger partial charge in [-0.15, -0.1) is 0 Å². The van der Waals surface area contributed by atoms with E-state index in [1.54, 1.807) is 13.3 Å². The lowest BCUT2D eigenvalue weighted by Crippen LogP contribution is -1.98. The normalized spacial score (nSPS) is 15.0. The zero-order valence-electron chi connectivity index (χ0n) is 10.1. The lowest BCUT2D eigenvalue weighted by molar-refractivity contribution is 0.106. The first-order chi connectivity index (χ1) is 8.78. The van der Waals surface area contributed by atoms with Crippen LogP contribution in [0.4, 0.5) is 0 Å².